The van der Waals surface area contributed by atoms with Crippen molar-refractivity contribution in [1.82, 2.24) is 9.97 Å². The maximum absolute atomic E-state index is 13.2. The molecule has 0 saturated heterocycles. The van der Waals surface area contributed by atoms with E-state index in [0.717, 1.165) is 29.0 Å². The molecule has 134 valence electrons. The molecule has 2 heterocycles. The molecule has 1 N–H and O–H groups in total. The van der Waals surface area contributed by atoms with E-state index < -0.39 is 16.0 Å². The van der Waals surface area contributed by atoms with Crippen LogP contribution >= 0.6 is 11.6 Å². The van der Waals surface area contributed by atoms with E-state index in [1.165, 1.54) is 12.1 Å². The van der Waals surface area contributed by atoms with Crippen LogP contribution in [0.1, 0.15) is 11.1 Å². The number of aryl methyl sites for hydroxylation is 2. The molecule has 0 spiro atoms. The minimum absolute atomic E-state index is 0.0873. The Labute approximate surface area is 155 Å². The Morgan fingerprint density at radius 2 is 1.77 bits per heavy atom. The topological polar surface area (TPSA) is 72.0 Å². The van der Waals surface area contributed by atoms with Crippen molar-refractivity contribution < 1.29 is 12.8 Å². The molecular weight excluding hydrogens is 377 g/mol. The molecule has 2 aromatic heterocycles. The van der Waals surface area contributed by atoms with Crippen LogP contribution in [0.3, 0.4) is 0 Å². The van der Waals surface area contributed by atoms with E-state index in [1.54, 1.807) is 6.07 Å². The minimum Gasteiger partial charge on any atom is -0.263 e. The van der Waals surface area contributed by atoms with Gasteiger partial charge in [-0.3, -0.25) is 4.72 Å². The molecule has 0 saturated carbocycles. The number of halogens is 2. The van der Waals surface area contributed by atoms with Crippen molar-refractivity contribution in [2.75, 3.05) is 4.72 Å². The Bertz CT molecular complexity index is 1070. The third-order valence-electron chi connectivity index (χ3n) is 3.81. The summed E-state index contributed by atoms with van der Waals surface area (Å²) in [5, 5.41) is 0.403. The van der Waals surface area contributed by atoms with Crippen molar-refractivity contribution >= 4 is 27.4 Å². The molecule has 5 nitrogen and oxygen atoms in total. The second-order valence-corrected chi connectivity index (χ2v) is 7.80. The zero-order chi connectivity index (χ0) is 18.9. The molecule has 3 aromatic rings. The fourth-order valence-electron chi connectivity index (χ4n) is 2.61. The number of hydrogen-bond acceptors (Lipinski definition) is 4. The summed E-state index contributed by atoms with van der Waals surface area (Å²) in [6.07, 6.45) is 1.08. The Balaban J connectivity index is 2.03. The minimum atomic E-state index is -4.00. The van der Waals surface area contributed by atoms with Gasteiger partial charge in [0.2, 0.25) is 5.95 Å². The molecule has 0 fully saturated rings. The summed E-state index contributed by atoms with van der Waals surface area (Å²) in [5.74, 6) is -0.794. The fourth-order valence-corrected chi connectivity index (χ4v) is 3.81. The van der Waals surface area contributed by atoms with Gasteiger partial charge in [0.1, 0.15) is 5.82 Å². The quantitative estimate of drug-likeness (QED) is 0.671. The van der Waals surface area contributed by atoms with E-state index in [-0.39, 0.29) is 10.7 Å². The molecule has 3 rings (SSSR count). The second-order valence-electron chi connectivity index (χ2n) is 5.71. The van der Waals surface area contributed by atoms with Gasteiger partial charge in [-0.2, -0.15) is 4.39 Å². The Kier molecular flexibility index (Phi) is 4.93. The number of hydrogen-bond donors (Lipinski definition) is 1. The highest BCUT2D eigenvalue weighted by Gasteiger charge is 2.18. The first-order valence-corrected chi connectivity index (χ1v) is 9.51. The second kappa shape index (κ2) is 7.01. The smallest absolute Gasteiger partial charge is 0.263 e. The summed E-state index contributed by atoms with van der Waals surface area (Å²) in [4.78, 5) is 7.48. The molecule has 26 heavy (non-hydrogen) atoms. The number of anilines is 1. The van der Waals surface area contributed by atoms with E-state index in [9.17, 15) is 12.8 Å². The lowest BCUT2D eigenvalue weighted by atomic mass is 9.99. The van der Waals surface area contributed by atoms with E-state index in [2.05, 4.69) is 14.7 Å². The summed E-state index contributed by atoms with van der Waals surface area (Å²) in [6, 6.07) is 10.8. The summed E-state index contributed by atoms with van der Waals surface area (Å²) in [5.41, 5.74) is 3.25. The number of rotatable bonds is 4. The van der Waals surface area contributed by atoms with Crippen molar-refractivity contribution in [2.45, 2.75) is 18.7 Å². The van der Waals surface area contributed by atoms with Crippen LogP contribution in [0.4, 0.5) is 10.2 Å². The standard InChI is InChI=1S/C18H15ClFN3O2S/c1-11-4-3-5-12(2)17(11)18-14(19)6-7-16(22-18)23-26(24,25)13-8-9-21-15(20)10-13/h3-10H,1-2H3,(H,22,23). The van der Waals surface area contributed by atoms with Gasteiger partial charge in [-0.05, 0) is 43.2 Å². The SMILES string of the molecule is Cc1cccc(C)c1-c1nc(NS(=O)(=O)c2ccnc(F)c2)ccc1Cl. The summed E-state index contributed by atoms with van der Waals surface area (Å²) >= 11 is 6.29. The van der Waals surface area contributed by atoms with Crippen LogP contribution in [-0.4, -0.2) is 18.4 Å². The van der Waals surface area contributed by atoms with Crippen molar-refractivity contribution in [3.05, 3.63) is 70.8 Å². The van der Waals surface area contributed by atoms with Gasteiger partial charge in [0.05, 0.1) is 15.6 Å². The van der Waals surface area contributed by atoms with E-state index >= 15 is 0 Å². The highest BCUT2D eigenvalue weighted by molar-refractivity contribution is 7.92. The molecule has 0 bridgehead atoms. The first kappa shape index (κ1) is 18.3. The lowest BCUT2D eigenvalue weighted by Gasteiger charge is -2.13. The molecule has 0 atom stereocenters. The number of sulfonamides is 1. The predicted octanol–water partition coefficient (Wildman–Crippen LogP) is 4.35. The normalized spacial score (nSPS) is 11.4. The maximum atomic E-state index is 13.2. The van der Waals surface area contributed by atoms with Crippen LogP contribution in [0.5, 0.6) is 0 Å². The molecular formula is C18H15ClFN3O2S. The molecule has 1 aromatic carbocycles. The van der Waals surface area contributed by atoms with Gasteiger partial charge in [0.25, 0.3) is 10.0 Å². The van der Waals surface area contributed by atoms with Crippen molar-refractivity contribution in [3.63, 3.8) is 0 Å². The summed E-state index contributed by atoms with van der Waals surface area (Å²) in [7, 11) is -4.00. The Morgan fingerprint density at radius 3 is 2.42 bits per heavy atom. The first-order chi connectivity index (χ1) is 12.3. The van der Waals surface area contributed by atoms with E-state index in [4.69, 9.17) is 11.6 Å². The Morgan fingerprint density at radius 1 is 1.08 bits per heavy atom. The van der Waals surface area contributed by atoms with Gasteiger partial charge in [0.15, 0.2) is 0 Å². The Hall–Kier alpha value is -2.51. The molecule has 0 radical (unpaired) electrons. The third kappa shape index (κ3) is 3.68. The van der Waals surface area contributed by atoms with Crippen LogP contribution < -0.4 is 4.72 Å². The number of nitrogens with zero attached hydrogens (tertiary/aromatic N) is 2. The number of aromatic nitrogens is 2. The highest BCUT2D eigenvalue weighted by atomic mass is 35.5. The van der Waals surface area contributed by atoms with Crippen LogP contribution in [0.2, 0.25) is 5.02 Å². The van der Waals surface area contributed by atoms with Crippen LogP contribution in [0.15, 0.2) is 53.6 Å². The van der Waals surface area contributed by atoms with Gasteiger partial charge in [-0.15, -0.1) is 0 Å². The van der Waals surface area contributed by atoms with Crippen LogP contribution in [0.25, 0.3) is 11.3 Å². The highest BCUT2D eigenvalue weighted by Crippen LogP contribution is 2.32. The predicted molar refractivity (Wildman–Crippen MR) is 99.2 cm³/mol. The average Bonchev–Trinajstić information content (AvgIpc) is 2.57. The number of benzene rings is 1. The number of nitrogens with one attached hydrogen (secondary N) is 1. The molecule has 0 aliphatic rings. The lowest BCUT2D eigenvalue weighted by molar-refractivity contribution is 0.572. The monoisotopic (exact) mass is 391 g/mol. The summed E-state index contributed by atoms with van der Waals surface area (Å²) in [6.45, 7) is 3.86. The third-order valence-corrected chi connectivity index (χ3v) is 5.47. The van der Waals surface area contributed by atoms with Gasteiger partial charge in [-0.1, -0.05) is 29.8 Å². The molecule has 0 amide bonds. The van der Waals surface area contributed by atoms with Gasteiger partial charge in [0, 0.05) is 17.8 Å². The summed E-state index contributed by atoms with van der Waals surface area (Å²) < 4.78 is 40.5. The fraction of sp³-hybridized carbons (Fsp3) is 0.111. The van der Waals surface area contributed by atoms with Crippen LogP contribution in [0, 0.1) is 19.8 Å². The van der Waals surface area contributed by atoms with Gasteiger partial charge in [-0.25, -0.2) is 18.4 Å². The van der Waals surface area contributed by atoms with Crippen molar-refractivity contribution in [2.24, 2.45) is 0 Å². The molecule has 0 aliphatic heterocycles. The zero-order valence-corrected chi connectivity index (χ0v) is 15.6. The van der Waals surface area contributed by atoms with Gasteiger partial charge < -0.3 is 0 Å². The molecule has 0 aliphatic carbocycles. The average molecular weight is 392 g/mol. The lowest BCUT2D eigenvalue weighted by Crippen LogP contribution is -2.14. The first-order valence-electron chi connectivity index (χ1n) is 7.65. The van der Waals surface area contributed by atoms with Crippen molar-refractivity contribution in [1.29, 1.82) is 0 Å². The number of pyridine rings is 2. The van der Waals surface area contributed by atoms with Crippen molar-refractivity contribution in [3.8, 4) is 11.3 Å². The van der Waals surface area contributed by atoms with E-state index in [1.807, 2.05) is 32.0 Å². The maximum Gasteiger partial charge on any atom is 0.263 e. The molecule has 8 heteroatoms. The van der Waals surface area contributed by atoms with Gasteiger partial charge >= 0.3 is 0 Å². The van der Waals surface area contributed by atoms with Crippen LogP contribution in [-0.2, 0) is 10.0 Å². The zero-order valence-electron chi connectivity index (χ0n) is 14.0. The largest absolute Gasteiger partial charge is 0.263 e. The molecule has 0 unspecified atom stereocenters. The van der Waals surface area contributed by atoms with E-state index in [0.29, 0.717) is 10.7 Å².